The van der Waals surface area contributed by atoms with Crippen LogP contribution in [-0.2, 0) is 11.8 Å². The maximum absolute atomic E-state index is 11.7. The molecule has 28 heavy (non-hydrogen) atoms. The van der Waals surface area contributed by atoms with E-state index in [0.29, 0.717) is 18.2 Å². The van der Waals surface area contributed by atoms with Crippen molar-refractivity contribution < 1.29 is 9.59 Å². The molecule has 0 aromatic carbocycles. The summed E-state index contributed by atoms with van der Waals surface area (Å²) >= 11 is 0. The number of amides is 2. The number of aromatic nitrogens is 5. The molecule has 11 nitrogen and oxygen atoms in total. The smallest absolute Gasteiger partial charge is 0.273 e. The van der Waals surface area contributed by atoms with E-state index in [0.717, 1.165) is 12.8 Å². The minimum Gasteiger partial charge on any atom is -0.364 e. The summed E-state index contributed by atoms with van der Waals surface area (Å²) in [6, 6.07) is -0.140. The van der Waals surface area contributed by atoms with Gasteiger partial charge in [-0.3, -0.25) is 14.3 Å². The molecule has 3 heterocycles. The molecule has 2 aromatic heterocycles. The molecule has 1 aliphatic rings. The van der Waals surface area contributed by atoms with Gasteiger partial charge in [-0.15, -0.1) is 10.2 Å². The maximum Gasteiger partial charge on any atom is 0.273 e. The molecule has 2 aromatic rings. The van der Waals surface area contributed by atoms with Gasteiger partial charge in [-0.05, 0) is 25.8 Å². The molecule has 1 aliphatic heterocycles. The lowest BCUT2D eigenvalue weighted by Gasteiger charge is -2.39. The number of carbonyl (C=O) groups is 2. The van der Waals surface area contributed by atoms with Gasteiger partial charge in [0.2, 0.25) is 11.9 Å². The Morgan fingerprint density at radius 1 is 1.39 bits per heavy atom. The quantitative estimate of drug-likeness (QED) is 0.594. The van der Waals surface area contributed by atoms with E-state index in [-0.39, 0.29) is 29.5 Å². The lowest BCUT2D eigenvalue weighted by atomic mass is 9.97. The number of carbonyl (C=O) groups excluding carboxylic acids is 2. The maximum atomic E-state index is 11.7. The van der Waals surface area contributed by atoms with Crippen LogP contribution in [0.2, 0.25) is 0 Å². The highest BCUT2D eigenvalue weighted by molar-refractivity contribution is 5.96. The van der Waals surface area contributed by atoms with Crippen molar-refractivity contribution in [1.29, 1.82) is 0 Å². The van der Waals surface area contributed by atoms with Crippen LogP contribution < -0.4 is 21.3 Å². The van der Waals surface area contributed by atoms with Gasteiger partial charge in [-0.1, -0.05) is 6.58 Å². The summed E-state index contributed by atoms with van der Waals surface area (Å²) in [5, 5.41) is 18.1. The lowest BCUT2D eigenvalue weighted by Crippen LogP contribution is -2.54. The zero-order chi connectivity index (χ0) is 20.3. The largest absolute Gasteiger partial charge is 0.364 e. The lowest BCUT2D eigenvalue weighted by molar-refractivity contribution is -0.117. The topological polar surface area (TPSA) is 144 Å². The molecule has 2 atom stereocenters. The molecule has 2 amide bonds. The SMILES string of the molecule is C=CC(=O)N[C@@H]1CCCN(c2nnc(C(N)=O)c(Nc3cnn(C)c3)n2)[C@@H]1C. The third-order valence-corrected chi connectivity index (χ3v) is 4.63. The summed E-state index contributed by atoms with van der Waals surface area (Å²) in [6.45, 7) is 6.17. The first-order chi connectivity index (χ1) is 13.4. The second kappa shape index (κ2) is 8.03. The summed E-state index contributed by atoms with van der Waals surface area (Å²) in [7, 11) is 1.77. The van der Waals surface area contributed by atoms with E-state index < -0.39 is 5.91 Å². The van der Waals surface area contributed by atoms with Crippen LogP contribution in [0.15, 0.2) is 25.0 Å². The number of primary amides is 1. The van der Waals surface area contributed by atoms with E-state index in [1.165, 1.54) is 6.08 Å². The van der Waals surface area contributed by atoms with Crippen molar-refractivity contribution in [3.8, 4) is 0 Å². The van der Waals surface area contributed by atoms with Gasteiger partial charge in [0.1, 0.15) is 0 Å². The summed E-state index contributed by atoms with van der Waals surface area (Å²) in [4.78, 5) is 29.8. The molecular weight excluding hydrogens is 362 g/mol. The van der Waals surface area contributed by atoms with Gasteiger partial charge in [0.25, 0.3) is 5.91 Å². The number of nitrogens with one attached hydrogen (secondary N) is 2. The Bertz CT molecular complexity index is 895. The number of anilines is 3. The molecule has 3 rings (SSSR count). The molecule has 0 bridgehead atoms. The number of aryl methyl sites for hydroxylation is 1. The summed E-state index contributed by atoms with van der Waals surface area (Å²) in [5.74, 6) is -0.405. The van der Waals surface area contributed by atoms with Crippen LogP contribution in [0.4, 0.5) is 17.5 Å². The molecule has 148 valence electrons. The van der Waals surface area contributed by atoms with Crippen LogP contribution in [0, 0.1) is 0 Å². The van der Waals surface area contributed by atoms with E-state index in [1.807, 2.05) is 11.8 Å². The van der Waals surface area contributed by atoms with Crippen molar-refractivity contribution in [2.24, 2.45) is 12.8 Å². The van der Waals surface area contributed by atoms with E-state index in [9.17, 15) is 9.59 Å². The molecule has 4 N–H and O–H groups in total. The van der Waals surface area contributed by atoms with Crippen LogP contribution in [0.5, 0.6) is 0 Å². The van der Waals surface area contributed by atoms with E-state index in [4.69, 9.17) is 5.73 Å². The molecule has 1 saturated heterocycles. The Morgan fingerprint density at radius 3 is 2.82 bits per heavy atom. The van der Waals surface area contributed by atoms with Gasteiger partial charge in [0, 0.05) is 31.9 Å². The van der Waals surface area contributed by atoms with Crippen LogP contribution in [0.25, 0.3) is 0 Å². The van der Waals surface area contributed by atoms with Crippen molar-refractivity contribution in [2.75, 3.05) is 16.8 Å². The standard InChI is InChI=1S/C17H23N9O2/c1-4-13(27)21-12-6-5-7-26(10(12)2)17-22-16(14(15(18)28)23-24-17)20-11-8-19-25(3)9-11/h4,8-10,12H,1,5-7H2,2-3H3,(H2,18,28)(H,21,27)(H,20,22,24)/t10-,12-/m1/s1. The average molecular weight is 385 g/mol. The number of rotatable bonds is 6. The molecular formula is C17H23N9O2. The fraction of sp³-hybridized carbons (Fsp3) is 0.412. The fourth-order valence-corrected chi connectivity index (χ4v) is 3.17. The number of nitrogens with two attached hydrogens (primary N) is 1. The Balaban J connectivity index is 1.88. The highest BCUT2D eigenvalue weighted by Crippen LogP contribution is 2.24. The van der Waals surface area contributed by atoms with Gasteiger partial charge >= 0.3 is 0 Å². The third-order valence-electron chi connectivity index (χ3n) is 4.63. The Kier molecular flexibility index (Phi) is 5.52. The fourth-order valence-electron chi connectivity index (χ4n) is 3.17. The second-order valence-electron chi connectivity index (χ2n) is 6.60. The molecule has 0 saturated carbocycles. The number of piperidine rings is 1. The Morgan fingerprint density at radius 2 is 2.18 bits per heavy atom. The monoisotopic (exact) mass is 385 g/mol. The van der Waals surface area contributed by atoms with Crippen molar-refractivity contribution >= 4 is 29.3 Å². The number of hydrogen-bond acceptors (Lipinski definition) is 8. The average Bonchev–Trinajstić information content (AvgIpc) is 3.07. The Hall–Kier alpha value is -3.50. The minimum atomic E-state index is -0.735. The normalized spacial score (nSPS) is 19.1. The molecule has 0 unspecified atom stereocenters. The van der Waals surface area contributed by atoms with Crippen molar-refractivity contribution in [3.63, 3.8) is 0 Å². The zero-order valence-electron chi connectivity index (χ0n) is 15.8. The highest BCUT2D eigenvalue weighted by Gasteiger charge is 2.31. The van der Waals surface area contributed by atoms with Crippen molar-refractivity contribution in [3.05, 3.63) is 30.7 Å². The molecule has 0 radical (unpaired) electrons. The van der Waals surface area contributed by atoms with Crippen LogP contribution in [0.1, 0.15) is 30.3 Å². The number of nitrogens with zero attached hydrogens (tertiary/aromatic N) is 6. The van der Waals surface area contributed by atoms with Crippen molar-refractivity contribution in [1.82, 2.24) is 30.3 Å². The number of hydrogen-bond donors (Lipinski definition) is 3. The van der Waals surface area contributed by atoms with E-state index in [1.54, 1.807) is 24.1 Å². The zero-order valence-corrected chi connectivity index (χ0v) is 15.8. The third kappa shape index (κ3) is 4.08. The first-order valence-corrected chi connectivity index (χ1v) is 8.88. The molecule has 0 aliphatic carbocycles. The van der Waals surface area contributed by atoms with Crippen LogP contribution >= 0.6 is 0 Å². The van der Waals surface area contributed by atoms with Gasteiger partial charge in [-0.2, -0.15) is 10.1 Å². The summed E-state index contributed by atoms with van der Waals surface area (Å²) in [5.41, 5.74) is 5.99. The summed E-state index contributed by atoms with van der Waals surface area (Å²) < 4.78 is 1.61. The second-order valence-corrected chi connectivity index (χ2v) is 6.60. The van der Waals surface area contributed by atoms with Gasteiger partial charge < -0.3 is 21.3 Å². The first-order valence-electron chi connectivity index (χ1n) is 8.88. The van der Waals surface area contributed by atoms with Gasteiger partial charge in [0.15, 0.2) is 11.5 Å². The van der Waals surface area contributed by atoms with Crippen molar-refractivity contribution in [2.45, 2.75) is 31.8 Å². The summed E-state index contributed by atoms with van der Waals surface area (Å²) in [6.07, 6.45) is 6.26. The molecule has 11 heteroatoms. The first kappa shape index (κ1) is 19.3. The predicted molar refractivity (Wildman–Crippen MR) is 103 cm³/mol. The van der Waals surface area contributed by atoms with E-state index in [2.05, 4.69) is 37.5 Å². The van der Waals surface area contributed by atoms with Gasteiger partial charge in [0.05, 0.1) is 11.9 Å². The van der Waals surface area contributed by atoms with E-state index >= 15 is 0 Å². The predicted octanol–water partition coefficient (Wildman–Crippen LogP) is 0.107. The minimum absolute atomic E-state index is 0.0613. The highest BCUT2D eigenvalue weighted by atomic mass is 16.2. The van der Waals surface area contributed by atoms with Gasteiger partial charge in [-0.25, -0.2) is 0 Å². The Labute approximate surface area is 162 Å². The van der Waals surface area contributed by atoms with Crippen LogP contribution in [-0.4, -0.2) is 55.4 Å². The molecule has 0 spiro atoms. The molecule has 1 fully saturated rings. The van der Waals surface area contributed by atoms with Crippen LogP contribution in [0.3, 0.4) is 0 Å².